The molecule has 3 N–H and O–H groups in total. The Morgan fingerprint density at radius 2 is 1.55 bits per heavy atom. The van der Waals surface area contributed by atoms with Gasteiger partial charge in [-0.15, -0.1) is 11.8 Å². The number of hydrogen-bond donors (Lipinski definition) is 3. The first kappa shape index (κ1) is 31.1. The Kier molecular flexibility index (Phi) is 14.3. The molecule has 1 atom stereocenters. The minimum absolute atomic E-state index is 0.288. The second-order valence-electron chi connectivity index (χ2n) is 9.13. The van der Waals surface area contributed by atoms with Crippen LogP contribution in [0.15, 0.2) is 89.8 Å². The molecule has 0 aliphatic carbocycles. The molecular weight excluding hydrogens is 492 g/mol. The fourth-order valence-electron chi connectivity index (χ4n) is 4.44. The first-order valence-electron chi connectivity index (χ1n) is 13.6. The summed E-state index contributed by atoms with van der Waals surface area (Å²) in [6.45, 7) is 9.26. The molecule has 38 heavy (non-hydrogen) atoms. The van der Waals surface area contributed by atoms with Crippen LogP contribution in [0.1, 0.15) is 62.0 Å². The summed E-state index contributed by atoms with van der Waals surface area (Å²) in [6, 6.07) is 25.8. The predicted molar refractivity (Wildman–Crippen MR) is 159 cm³/mol. The number of anilines is 1. The number of likely N-dealkylation sites (tertiary alicyclic amines) is 1. The van der Waals surface area contributed by atoms with E-state index in [0.717, 1.165) is 40.7 Å². The average Bonchev–Trinajstić information content (AvgIpc) is 2.98. The summed E-state index contributed by atoms with van der Waals surface area (Å²) in [6.07, 6.45) is 5.85. The van der Waals surface area contributed by atoms with Crippen LogP contribution in [-0.2, 0) is 4.79 Å². The number of nitrogens with one attached hydrogen (secondary N) is 2. The third kappa shape index (κ3) is 10.3. The van der Waals surface area contributed by atoms with Crippen LogP contribution in [-0.4, -0.2) is 42.7 Å². The summed E-state index contributed by atoms with van der Waals surface area (Å²) in [5.74, 6) is 0.293. The number of carboxylic acids is 1. The molecule has 0 spiro atoms. The molecule has 1 fully saturated rings. The highest BCUT2D eigenvalue weighted by atomic mass is 32.2. The molecule has 204 valence electrons. The topological polar surface area (TPSA) is 70.8 Å². The average molecular weight is 536 g/mol. The van der Waals surface area contributed by atoms with Crippen molar-refractivity contribution < 1.29 is 19.6 Å². The number of ketones is 1. The first-order chi connectivity index (χ1) is 18.5. The molecule has 0 radical (unpaired) electrons. The summed E-state index contributed by atoms with van der Waals surface area (Å²) >= 11 is 1.63. The number of carbonyl (C=O) groups is 2. The van der Waals surface area contributed by atoms with Crippen molar-refractivity contribution in [3.8, 4) is 0 Å². The summed E-state index contributed by atoms with van der Waals surface area (Å²) in [5, 5.41) is 12.4. The lowest BCUT2D eigenvalue weighted by atomic mass is 9.94. The van der Waals surface area contributed by atoms with Crippen LogP contribution in [0.2, 0.25) is 0 Å². The minimum atomic E-state index is -0.888. The number of thioether (sulfide) groups is 1. The van der Waals surface area contributed by atoms with Crippen LogP contribution in [0.25, 0.3) is 0 Å². The molecule has 1 aliphatic heterocycles. The fraction of sp³-hybridized carbons (Fsp3) is 0.375. The van der Waals surface area contributed by atoms with Gasteiger partial charge in [0.2, 0.25) is 5.78 Å². The number of Topliss-reactive ketones (excluding diaryl/α,β-unsaturated/α-hetero) is 1. The molecule has 0 bridgehead atoms. The second-order valence-corrected chi connectivity index (χ2v) is 10.0. The van der Waals surface area contributed by atoms with Crippen LogP contribution in [0.5, 0.6) is 0 Å². The van der Waals surface area contributed by atoms with E-state index < -0.39 is 12.0 Å². The van der Waals surface area contributed by atoms with Gasteiger partial charge in [0.1, 0.15) is 6.54 Å². The van der Waals surface area contributed by atoms with Crippen LogP contribution >= 0.6 is 11.8 Å². The van der Waals surface area contributed by atoms with Crippen LogP contribution in [0.4, 0.5) is 5.69 Å². The molecule has 0 saturated carbocycles. The van der Waals surface area contributed by atoms with Crippen molar-refractivity contribution in [2.24, 2.45) is 5.92 Å². The molecule has 1 saturated heterocycles. The maximum absolute atomic E-state index is 12.0. The number of quaternary nitrogens is 1. The van der Waals surface area contributed by atoms with Crippen molar-refractivity contribution in [3.05, 3.63) is 96.1 Å². The second kappa shape index (κ2) is 17.4. The molecule has 4 rings (SSSR count). The smallest absolute Gasteiger partial charge is 0.330 e. The van der Waals surface area contributed by atoms with Crippen LogP contribution in [0.3, 0.4) is 0 Å². The van der Waals surface area contributed by atoms with E-state index in [9.17, 15) is 14.7 Å². The van der Waals surface area contributed by atoms with Crippen molar-refractivity contribution in [2.45, 2.75) is 51.0 Å². The van der Waals surface area contributed by atoms with Gasteiger partial charge in [-0.25, -0.2) is 4.79 Å². The Morgan fingerprint density at radius 1 is 0.947 bits per heavy atom. The molecular formula is C32H43N2O3S+. The van der Waals surface area contributed by atoms with E-state index in [-0.39, 0.29) is 5.78 Å². The van der Waals surface area contributed by atoms with Crippen LogP contribution in [0, 0.1) is 5.92 Å². The van der Waals surface area contributed by atoms with E-state index in [1.54, 1.807) is 11.8 Å². The van der Waals surface area contributed by atoms with Crippen molar-refractivity contribution in [1.82, 2.24) is 0 Å². The molecule has 1 aliphatic rings. The molecule has 0 aromatic heterocycles. The summed E-state index contributed by atoms with van der Waals surface area (Å²) in [5.41, 5.74) is 2.41. The highest BCUT2D eigenvalue weighted by molar-refractivity contribution is 7.98. The molecule has 6 heteroatoms. The Bertz CT molecular complexity index is 1080. The molecule has 0 amide bonds. The van der Waals surface area contributed by atoms with Gasteiger partial charge < -0.3 is 15.3 Å². The van der Waals surface area contributed by atoms with Gasteiger partial charge in [-0.3, -0.25) is 4.79 Å². The van der Waals surface area contributed by atoms with Gasteiger partial charge in [0, 0.05) is 16.1 Å². The number of carboxylic acid groups (broad SMARTS) is 1. The maximum atomic E-state index is 12.0. The van der Waals surface area contributed by atoms with Crippen molar-refractivity contribution >= 4 is 29.2 Å². The SMILES string of the molecule is CC.CCC1CC[NH+](CC(=O)c2ccccc2)CC1.CSc1cccc(NC(C(=O)O)c2ccccc2)c1. The van der Waals surface area contributed by atoms with E-state index in [4.69, 9.17) is 0 Å². The Labute approximate surface area is 232 Å². The maximum Gasteiger partial charge on any atom is 0.330 e. The number of carbonyl (C=O) groups excluding carboxylic acids is 1. The van der Waals surface area contributed by atoms with Crippen LogP contribution < -0.4 is 10.2 Å². The third-order valence-corrected chi connectivity index (χ3v) is 7.38. The third-order valence-electron chi connectivity index (χ3n) is 6.66. The standard InChI is InChI=1S/C15H15NO2S.C15H21NO.C2H6/c1-19-13-9-5-8-12(10-13)16-14(15(17)18)11-6-3-2-4-7-11;1-2-13-8-10-16(11-9-13)12-15(17)14-6-4-3-5-7-14;1-2/h2-10,14,16H,1H3,(H,17,18);3-7,13H,2,8-12H2,1H3;1-2H3/p+1. The van der Waals surface area contributed by atoms with E-state index in [2.05, 4.69) is 12.2 Å². The summed E-state index contributed by atoms with van der Waals surface area (Å²) < 4.78 is 0. The number of rotatable bonds is 9. The lowest BCUT2D eigenvalue weighted by Crippen LogP contribution is -3.13. The van der Waals surface area contributed by atoms with Gasteiger partial charge in [0.05, 0.1) is 13.1 Å². The van der Waals surface area contributed by atoms with E-state index in [1.165, 1.54) is 24.2 Å². The number of aliphatic carboxylic acids is 1. The van der Waals surface area contributed by atoms with Gasteiger partial charge in [-0.2, -0.15) is 0 Å². The normalized spacial score (nSPS) is 17.1. The molecule has 3 aromatic rings. The molecule has 5 nitrogen and oxygen atoms in total. The van der Waals surface area contributed by atoms with Crippen molar-refractivity contribution in [3.63, 3.8) is 0 Å². The molecule has 1 unspecified atom stereocenters. The summed E-state index contributed by atoms with van der Waals surface area (Å²) in [4.78, 5) is 26.0. The van der Waals surface area contributed by atoms with Gasteiger partial charge in [-0.1, -0.05) is 93.9 Å². The highest BCUT2D eigenvalue weighted by Gasteiger charge is 2.23. The predicted octanol–water partition coefficient (Wildman–Crippen LogP) is 6.25. The van der Waals surface area contributed by atoms with Crippen molar-refractivity contribution in [1.29, 1.82) is 0 Å². The minimum Gasteiger partial charge on any atom is -0.479 e. The lowest BCUT2D eigenvalue weighted by Gasteiger charge is -2.28. The number of benzene rings is 3. The monoisotopic (exact) mass is 535 g/mol. The largest absolute Gasteiger partial charge is 0.479 e. The van der Waals surface area contributed by atoms with Gasteiger partial charge in [0.15, 0.2) is 6.04 Å². The summed E-state index contributed by atoms with van der Waals surface area (Å²) in [7, 11) is 0. The number of hydrogen-bond acceptors (Lipinski definition) is 4. The molecule has 1 heterocycles. The Balaban J connectivity index is 0.000000252. The lowest BCUT2D eigenvalue weighted by molar-refractivity contribution is -0.897. The molecule has 3 aromatic carbocycles. The zero-order valence-corrected chi connectivity index (χ0v) is 24.0. The van der Waals surface area contributed by atoms with E-state index in [1.807, 2.05) is 105 Å². The van der Waals surface area contributed by atoms with Crippen molar-refractivity contribution in [2.75, 3.05) is 31.2 Å². The van der Waals surface area contributed by atoms with E-state index >= 15 is 0 Å². The highest BCUT2D eigenvalue weighted by Crippen LogP contribution is 2.24. The number of piperidine rings is 1. The van der Waals surface area contributed by atoms with E-state index in [0.29, 0.717) is 6.54 Å². The van der Waals surface area contributed by atoms with Gasteiger partial charge in [0.25, 0.3) is 0 Å². The Hall–Kier alpha value is -3.09. The Morgan fingerprint density at radius 3 is 2.11 bits per heavy atom. The zero-order chi connectivity index (χ0) is 27.8. The first-order valence-corrected chi connectivity index (χ1v) is 14.8. The fourth-order valence-corrected chi connectivity index (χ4v) is 4.90. The van der Waals surface area contributed by atoms with Gasteiger partial charge >= 0.3 is 5.97 Å². The zero-order valence-electron chi connectivity index (χ0n) is 23.2. The van der Waals surface area contributed by atoms with Gasteiger partial charge in [-0.05, 0) is 48.8 Å². The quantitative estimate of drug-likeness (QED) is 0.223.